The predicted molar refractivity (Wildman–Crippen MR) is 61.4 cm³/mol. The fourth-order valence-corrected chi connectivity index (χ4v) is 1.94. The molecule has 1 rings (SSSR count). The minimum atomic E-state index is -4.59. The van der Waals surface area contributed by atoms with Crippen LogP contribution in [0.2, 0.25) is 0 Å². The Morgan fingerprint density at radius 2 is 2.05 bits per heavy atom. The van der Waals surface area contributed by atoms with E-state index in [-0.39, 0.29) is 16.7 Å². The first kappa shape index (κ1) is 15.3. The number of esters is 1. The number of benzene rings is 1. The highest BCUT2D eigenvalue weighted by Gasteiger charge is 2.35. The molecule has 3 nitrogen and oxygen atoms in total. The number of ether oxygens (including phenoxy) is 1. The van der Waals surface area contributed by atoms with E-state index in [1.54, 1.807) is 6.07 Å². The molecule has 0 spiro atoms. The van der Waals surface area contributed by atoms with Gasteiger partial charge in [-0.15, -0.1) is 11.6 Å². The van der Waals surface area contributed by atoms with E-state index in [2.05, 4.69) is 4.74 Å². The Morgan fingerprint density at radius 1 is 1.42 bits per heavy atom. The lowest BCUT2D eigenvalue weighted by Crippen LogP contribution is -2.15. The third-order valence-corrected chi connectivity index (χ3v) is 2.81. The number of hydrogen-bond donors (Lipinski definition) is 0. The van der Waals surface area contributed by atoms with Gasteiger partial charge in [-0.1, -0.05) is 0 Å². The predicted octanol–water partition coefficient (Wildman–Crippen LogP) is 3.03. The first-order chi connectivity index (χ1) is 8.85. The molecule has 0 saturated carbocycles. The van der Waals surface area contributed by atoms with Crippen LogP contribution in [0.4, 0.5) is 13.2 Å². The molecular weight excluding hydrogens is 283 g/mol. The van der Waals surface area contributed by atoms with Crippen molar-refractivity contribution in [1.82, 2.24) is 0 Å². The Kier molecular flexibility index (Phi) is 4.78. The number of nitriles is 1. The van der Waals surface area contributed by atoms with Gasteiger partial charge in [0.1, 0.15) is 0 Å². The molecule has 0 radical (unpaired) electrons. The highest BCUT2D eigenvalue weighted by Crippen LogP contribution is 2.35. The molecule has 0 aliphatic heterocycles. The molecule has 0 N–H and O–H groups in total. The zero-order valence-electron chi connectivity index (χ0n) is 9.84. The number of carbonyl (C=O) groups excluding carboxylic acids is 1. The van der Waals surface area contributed by atoms with Crippen molar-refractivity contribution in [2.24, 2.45) is 0 Å². The van der Waals surface area contributed by atoms with E-state index in [1.165, 1.54) is 0 Å². The smallest absolute Gasteiger partial charge is 0.416 e. The van der Waals surface area contributed by atoms with Crippen molar-refractivity contribution in [3.63, 3.8) is 0 Å². The monoisotopic (exact) mass is 291 g/mol. The zero-order chi connectivity index (χ0) is 14.6. The Morgan fingerprint density at radius 3 is 2.47 bits per heavy atom. The van der Waals surface area contributed by atoms with Crippen LogP contribution in [0, 0.1) is 11.3 Å². The van der Waals surface area contributed by atoms with E-state index in [0.29, 0.717) is 0 Å². The van der Waals surface area contributed by atoms with E-state index < -0.39 is 30.0 Å². The normalized spacial score (nSPS) is 10.9. The van der Waals surface area contributed by atoms with Gasteiger partial charge in [-0.05, 0) is 23.3 Å². The van der Waals surface area contributed by atoms with Gasteiger partial charge < -0.3 is 4.74 Å². The van der Waals surface area contributed by atoms with Gasteiger partial charge in [0.15, 0.2) is 0 Å². The lowest BCUT2D eigenvalue weighted by atomic mass is 9.95. The molecule has 0 aliphatic rings. The summed E-state index contributed by atoms with van der Waals surface area (Å²) in [5.41, 5.74) is -1.27. The molecule has 0 atom stereocenters. The molecule has 0 unspecified atom stereocenters. The van der Waals surface area contributed by atoms with Crippen molar-refractivity contribution < 1.29 is 22.7 Å². The van der Waals surface area contributed by atoms with E-state index in [0.717, 1.165) is 19.2 Å². The molecule has 1 aromatic carbocycles. The summed E-state index contributed by atoms with van der Waals surface area (Å²) >= 11 is 5.54. The summed E-state index contributed by atoms with van der Waals surface area (Å²) in [6.45, 7) is 0. The lowest BCUT2D eigenvalue weighted by Gasteiger charge is -2.16. The van der Waals surface area contributed by atoms with Gasteiger partial charge in [-0.2, -0.15) is 18.4 Å². The highest BCUT2D eigenvalue weighted by atomic mass is 35.5. The molecule has 0 fully saturated rings. The third kappa shape index (κ3) is 3.38. The number of alkyl halides is 4. The number of hydrogen-bond acceptors (Lipinski definition) is 3. The van der Waals surface area contributed by atoms with Gasteiger partial charge >= 0.3 is 12.1 Å². The molecular formula is C12H9ClF3NO2. The second-order valence-electron chi connectivity index (χ2n) is 3.61. The standard InChI is InChI=1S/C12H9ClF3NO2/c1-19-11(18)4-8-7(6-17)2-3-10(9(8)5-13)12(14,15)16/h2-3H,4-5H2,1H3. The van der Waals surface area contributed by atoms with Gasteiger partial charge in [0.05, 0.1) is 30.7 Å². The van der Waals surface area contributed by atoms with Crippen molar-refractivity contribution in [2.45, 2.75) is 18.5 Å². The van der Waals surface area contributed by atoms with Crippen LogP contribution in [0.25, 0.3) is 0 Å². The first-order valence-corrected chi connectivity index (χ1v) is 5.63. The molecule has 0 amide bonds. The fraction of sp³-hybridized carbons (Fsp3) is 0.333. The van der Waals surface area contributed by atoms with Crippen molar-refractivity contribution in [3.8, 4) is 6.07 Å². The maximum atomic E-state index is 12.8. The van der Waals surface area contributed by atoms with Crippen LogP contribution < -0.4 is 0 Å². The van der Waals surface area contributed by atoms with Gasteiger partial charge in [0.25, 0.3) is 0 Å². The number of carbonyl (C=O) groups is 1. The van der Waals surface area contributed by atoms with Crippen molar-refractivity contribution in [3.05, 3.63) is 34.4 Å². The Bertz CT molecular complexity index is 535. The second kappa shape index (κ2) is 5.93. The molecule has 19 heavy (non-hydrogen) atoms. The van der Waals surface area contributed by atoms with E-state index in [1.807, 2.05) is 0 Å². The maximum Gasteiger partial charge on any atom is 0.416 e. The Balaban J connectivity index is 3.47. The van der Waals surface area contributed by atoms with Crippen LogP contribution in [0.3, 0.4) is 0 Å². The molecule has 1 aromatic rings. The molecule has 7 heteroatoms. The van der Waals surface area contributed by atoms with E-state index in [4.69, 9.17) is 16.9 Å². The molecule has 0 aliphatic carbocycles. The Labute approximate surface area is 112 Å². The summed E-state index contributed by atoms with van der Waals surface area (Å²) in [6, 6.07) is 3.56. The van der Waals surface area contributed by atoms with E-state index in [9.17, 15) is 18.0 Å². The van der Waals surface area contributed by atoms with Crippen LogP contribution in [-0.2, 0) is 28.0 Å². The summed E-state index contributed by atoms with van der Waals surface area (Å²) < 4.78 is 42.8. The van der Waals surface area contributed by atoms with Gasteiger partial charge in [-0.3, -0.25) is 4.79 Å². The minimum Gasteiger partial charge on any atom is -0.469 e. The molecule has 0 heterocycles. The van der Waals surface area contributed by atoms with Crippen molar-refractivity contribution in [2.75, 3.05) is 7.11 Å². The lowest BCUT2D eigenvalue weighted by molar-refractivity contribution is -0.141. The van der Waals surface area contributed by atoms with Crippen LogP contribution in [0.1, 0.15) is 22.3 Å². The van der Waals surface area contributed by atoms with Gasteiger partial charge in [-0.25, -0.2) is 0 Å². The maximum absolute atomic E-state index is 12.8. The topological polar surface area (TPSA) is 50.1 Å². The third-order valence-electron chi connectivity index (χ3n) is 2.54. The quantitative estimate of drug-likeness (QED) is 0.635. The van der Waals surface area contributed by atoms with E-state index >= 15 is 0 Å². The number of nitrogens with zero attached hydrogens (tertiary/aromatic N) is 1. The van der Waals surface area contributed by atoms with Crippen LogP contribution in [-0.4, -0.2) is 13.1 Å². The first-order valence-electron chi connectivity index (χ1n) is 5.10. The SMILES string of the molecule is COC(=O)Cc1c(C#N)ccc(C(F)(F)F)c1CCl. The van der Waals surface area contributed by atoms with Crippen LogP contribution in [0.5, 0.6) is 0 Å². The van der Waals surface area contributed by atoms with Crippen molar-refractivity contribution in [1.29, 1.82) is 5.26 Å². The number of rotatable bonds is 3. The van der Waals surface area contributed by atoms with Gasteiger partial charge in [0.2, 0.25) is 0 Å². The fourth-order valence-electron chi connectivity index (χ4n) is 1.63. The average Bonchev–Trinajstić information content (AvgIpc) is 2.36. The van der Waals surface area contributed by atoms with Gasteiger partial charge in [0, 0.05) is 5.88 Å². The Hall–Kier alpha value is -1.74. The summed E-state index contributed by atoms with van der Waals surface area (Å²) in [7, 11) is 1.11. The number of halogens is 4. The molecule has 0 bridgehead atoms. The number of methoxy groups -OCH3 is 1. The summed E-state index contributed by atoms with van der Waals surface area (Å²) in [5.74, 6) is -1.18. The van der Waals surface area contributed by atoms with Crippen LogP contribution in [0.15, 0.2) is 12.1 Å². The summed E-state index contributed by atoms with van der Waals surface area (Å²) in [5, 5.41) is 8.89. The van der Waals surface area contributed by atoms with Crippen LogP contribution >= 0.6 is 11.6 Å². The van der Waals surface area contributed by atoms with Crippen molar-refractivity contribution >= 4 is 17.6 Å². The minimum absolute atomic E-state index is 0.0194. The highest BCUT2D eigenvalue weighted by molar-refractivity contribution is 6.17. The molecule has 102 valence electrons. The zero-order valence-corrected chi connectivity index (χ0v) is 10.6. The average molecular weight is 292 g/mol. The largest absolute Gasteiger partial charge is 0.469 e. The molecule has 0 saturated heterocycles. The summed E-state index contributed by atoms with van der Waals surface area (Å²) in [4.78, 5) is 11.2. The molecule has 0 aromatic heterocycles. The second-order valence-corrected chi connectivity index (χ2v) is 3.88. The summed E-state index contributed by atoms with van der Waals surface area (Å²) in [6.07, 6.45) is -5.02.